The van der Waals surface area contributed by atoms with Crippen LogP contribution in [0.15, 0.2) is 22.0 Å². The molecule has 0 aromatic rings. The number of nitrogens with zero attached hydrogens (tertiary/aromatic N) is 2. The first-order chi connectivity index (χ1) is 8.23. The molecule has 1 aliphatic heterocycles. The Kier molecular flexibility index (Phi) is 2.50. The third kappa shape index (κ3) is 1.69. The minimum absolute atomic E-state index is 0.200. The van der Waals surface area contributed by atoms with Crippen LogP contribution in [-0.4, -0.2) is 12.4 Å². The van der Waals surface area contributed by atoms with E-state index in [1.807, 2.05) is 0 Å². The number of allylic oxidation sites excluding steroid dienone is 2. The van der Waals surface area contributed by atoms with Crippen molar-refractivity contribution < 1.29 is 0 Å². The van der Waals surface area contributed by atoms with Crippen LogP contribution in [0.1, 0.15) is 32.6 Å². The third-order valence-electron chi connectivity index (χ3n) is 4.54. The van der Waals surface area contributed by atoms with Crippen LogP contribution in [0.2, 0.25) is 0 Å². The summed E-state index contributed by atoms with van der Waals surface area (Å²) in [7, 11) is 0. The average molecular weight is 233 g/mol. The van der Waals surface area contributed by atoms with E-state index in [0.29, 0.717) is 11.8 Å². The van der Waals surface area contributed by atoms with Crippen LogP contribution in [0.25, 0.3) is 0 Å². The van der Waals surface area contributed by atoms with Gasteiger partial charge in [0.05, 0.1) is 0 Å². The summed E-state index contributed by atoms with van der Waals surface area (Å²) in [5.41, 5.74) is 7.60. The largest absolute Gasteiger partial charge is 0.285 e. The fourth-order valence-electron chi connectivity index (χ4n) is 3.71. The first kappa shape index (κ1) is 10.9. The molecule has 1 spiro atoms. The minimum Gasteiger partial charge on any atom is -0.285 e. The van der Waals surface area contributed by atoms with Gasteiger partial charge in [-0.25, -0.2) is 11.0 Å². The lowest BCUT2D eigenvalue weighted by Gasteiger charge is -2.52. The van der Waals surface area contributed by atoms with Gasteiger partial charge in [0.15, 0.2) is 0 Å². The summed E-state index contributed by atoms with van der Waals surface area (Å²) >= 11 is 0. The molecule has 0 radical (unpaired) electrons. The van der Waals surface area contributed by atoms with Crippen molar-refractivity contribution in [1.82, 2.24) is 11.0 Å². The Bertz CT molecular complexity index is 400. The molecule has 1 fully saturated rings. The van der Waals surface area contributed by atoms with Gasteiger partial charge in [0.1, 0.15) is 5.84 Å². The molecule has 17 heavy (non-hydrogen) atoms. The van der Waals surface area contributed by atoms with Crippen molar-refractivity contribution in [2.75, 3.05) is 6.54 Å². The summed E-state index contributed by atoms with van der Waals surface area (Å²) < 4.78 is 0. The molecule has 0 aromatic carbocycles. The van der Waals surface area contributed by atoms with Crippen LogP contribution in [0.3, 0.4) is 0 Å². The molecule has 0 aromatic heterocycles. The Morgan fingerprint density at radius 2 is 2.47 bits per heavy atom. The van der Waals surface area contributed by atoms with Crippen LogP contribution < -0.4 is 11.0 Å². The molecular weight excluding hydrogens is 214 g/mol. The van der Waals surface area contributed by atoms with E-state index < -0.39 is 0 Å². The van der Waals surface area contributed by atoms with Gasteiger partial charge in [-0.1, -0.05) is 23.8 Å². The van der Waals surface area contributed by atoms with Crippen LogP contribution in [-0.2, 0) is 0 Å². The van der Waals surface area contributed by atoms with Crippen molar-refractivity contribution in [3.8, 4) is 0 Å². The Morgan fingerprint density at radius 3 is 3.29 bits per heavy atom. The van der Waals surface area contributed by atoms with Crippen LogP contribution in [0.4, 0.5) is 0 Å². The number of fused-ring (bicyclic) bond motifs is 2. The van der Waals surface area contributed by atoms with Gasteiger partial charge in [-0.15, -0.1) is 5.11 Å². The smallest absolute Gasteiger partial charge is 0.145 e. The fraction of sp³-hybridized carbons (Fsp3) is 0.750. The van der Waals surface area contributed by atoms with E-state index in [0.717, 1.165) is 18.9 Å². The normalized spacial score (nSPS) is 40.1. The van der Waals surface area contributed by atoms with Crippen molar-refractivity contribution in [1.29, 1.82) is 5.41 Å². The molecule has 5 nitrogen and oxygen atoms in total. The number of nitrogens with one attached hydrogen (secondary N) is 3. The van der Waals surface area contributed by atoms with Crippen molar-refractivity contribution in [3.05, 3.63) is 11.6 Å². The molecule has 2 aliphatic carbocycles. The maximum Gasteiger partial charge on any atom is 0.145 e. The number of rotatable bonds is 1. The summed E-state index contributed by atoms with van der Waals surface area (Å²) in [4.78, 5) is 0. The highest BCUT2D eigenvalue weighted by Crippen LogP contribution is 2.59. The molecular formula is C12H19N5. The summed E-state index contributed by atoms with van der Waals surface area (Å²) in [5.74, 6) is 1.85. The molecule has 1 heterocycles. The Balaban J connectivity index is 1.80. The second-order valence-corrected chi connectivity index (χ2v) is 5.52. The molecule has 0 saturated heterocycles. The standard InChI is InChI=1S/C12H19N5/c1-2-8-3-9-5-12(10(9)4-8)6-11(13)15-17-16-14-7-12/h4,9-10H,2-3,5-7H2,1H3,(H,14,17)(H2,13,15,16)/t9-,10-,12-/m1/s1. The zero-order valence-electron chi connectivity index (χ0n) is 10.2. The van der Waals surface area contributed by atoms with E-state index in [4.69, 9.17) is 5.41 Å². The first-order valence-electron chi connectivity index (χ1n) is 6.39. The second-order valence-electron chi connectivity index (χ2n) is 5.52. The van der Waals surface area contributed by atoms with Crippen LogP contribution in [0.5, 0.6) is 0 Å². The zero-order chi connectivity index (χ0) is 11.9. The minimum atomic E-state index is 0.200. The second kappa shape index (κ2) is 3.91. The lowest BCUT2D eigenvalue weighted by Crippen LogP contribution is -2.54. The molecule has 92 valence electrons. The molecule has 3 atom stereocenters. The quantitative estimate of drug-likeness (QED) is 0.607. The summed E-state index contributed by atoms with van der Waals surface area (Å²) in [6.07, 6.45) is 6.86. The lowest BCUT2D eigenvalue weighted by molar-refractivity contribution is 0.00275. The fourth-order valence-corrected chi connectivity index (χ4v) is 3.71. The summed E-state index contributed by atoms with van der Waals surface area (Å²) in [5, 5.41) is 15.3. The van der Waals surface area contributed by atoms with Crippen molar-refractivity contribution in [3.63, 3.8) is 0 Å². The van der Waals surface area contributed by atoms with Crippen molar-refractivity contribution in [2.45, 2.75) is 32.6 Å². The monoisotopic (exact) mass is 233 g/mol. The number of hydrogen-bond donors (Lipinski definition) is 3. The van der Waals surface area contributed by atoms with Gasteiger partial charge in [0.2, 0.25) is 0 Å². The highest BCUT2D eigenvalue weighted by Gasteiger charge is 2.54. The highest BCUT2D eigenvalue weighted by atomic mass is 15.6. The molecule has 5 heteroatoms. The maximum atomic E-state index is 7.82. The van der Waals surface area contributed by atoms with Gasteiger partial charge in [0.25, 0.3) is 0 Å². The molecule has 0 unspecified atom stereocenters. The van der Waals surface area contributed by atoms with Crippen molar-refractivity contribution in [2.24, 2.45) is 27.6 Å². The van der Waals surface area contributed by atoms with Crippen molar-refractivity contribution >= 4 is 5.84 Å². The Morgan fingerprint density at radius 1 is 1.59 bits per heavy atom. The maximum absolute atomic E-state index is 7.82. The van der Waals surface area contributed by atoms with Crippen LogP contribution in [0, 0.1) is 22.7 Å². The van der Waals surface area contributed by atoms with Crippen LogP contribution >= 0.6 is 0 Å². The first-order valence-corrected chi connectivity index (χ1v) is 6.39. The highest BCUT2D eigenvalue weighted by molar-refractivity contribution is 5.80. The molecule has 3 aliphatic rings. The molecule has 3 rings (SSSR count). The van der Waals surface area contributed by atoms with Gasteiger partial charge in [0, 0.05) is 13.0 Å². The van der Waals surface area contributed by atoms with E-state index in [9.17, 15) is 0 Å². The van der Waals surface area contributed by atoms with E-state index in [1.54, 1.807) is 5.57 Å². The predicted molar refractivity (Wildman–Crippen MR) is 65.4 cm³/mol. The predicted octanol–water partition coefficient (Wildman–Crippen LogP) is 2.19. The Labute approximate surface area is 101 Å². The van der Waals surface area contributed by atoms with E-state index in [1.165, 1.54) is 19.3 Å². The van der Waals surface area contributed by atoms with Gasteiger partial charge in [-0.05, 0) is 36.5 Å². The van der Waals surface area contributed by atoms with Gasteiger partial charge >= 0.3 is 0 Å². The number of hydrazine groups is 1. The zero-order valence-corrected chi connectivity index (χ0v) is 10.2. The molecule has 3 N–H and O–H groups in total. The molecule has 1 saturated carbocycles. The van der Waals surface area contributed by atoms with Gasteiger partial charge in [-0.3, -0.25) is 5.41 Å². The SMILES string of the molecule is CCC1=C[C@@H]2[C@H](C1)C[C@@]21CNNN=NC(=N)C1. The summed E-state index contributed by atoms with van der Waals surface area (Å²) in [6, 6.07) is 0. The average Bonchev–Trinajstić information content (AvgIpc) is 2.62. The van der Waals surface area contributed by atoms with E-state index in [-0.39, 0.29) is 5.41 Å². The van der Waals surface area contributed by atoms with E-state index in [2.05, 4.69) is 34.3 Å². The summed E-state index contributed by atoms with van der Waals surface area (Å²) in [6.45, 7) is 3.11. The lowest BCUT2D eigenvalue weighted by atomic mass is 9.53. The third-order valence-corrected chi connectivity index (χ3v) is 4.54. The number of hydrogen-bond acceptors (Lipinski definition) is 4. The number of amidine groups is 1. The van der Waals surface area contributed by atoms with Gasteiger partial charge < -0.3 is 0 Å². The van der Waals surface area contributed by atoms with E-state index >= 15 is 0 Å². The molecule has 0 bridgehead atoms. The Hall–Kier alpha value is -1.23. The topological polar surface area (TPSA) is 72.6 Å². The van der Waals surface area contributed by atoms with Gasteiger partial charge in [-0.2, -0.15) is 0 Å². The molecule has 0 amide bonds.